The summed E-state index contributed by atoms with van der Waals surface area (Å²) in [4.78, 5) is 10.0. The third-order valence-electron chi connectivity index (χ3n) is 0.899. The van der Waals surface area contributed by atoms with E-state index in [4.69, 9.17) is 15.3 Å². The Morgan fingerprint density at radius 2 is 2.18 bits per heavy atom. The third-order valence-corrected chi connectivity index (χ3v) is 0.899. The SMILES string of the molecule is C=C(OCC(O)CO)C(=O)O. The summed E-state index contributed by atoms with van der Waals surface area (Å²) in [7, 11) is 0. The van der Waals surface area contributed by atoms with Crippen LogP contribution in [0.5, 0.6) is 0 Å². The van der Waals surface area contributed by atoms with E-state index in [2.05, 4.69) is 11.3 Å². The van der Waals surface area contributed by atoms with Crippen LogP contribution in [0, 0.1) is 0 Å². The molecule has 11 heavy (non-hydrogen) atoms. The number of carboxylic acid groups (broad SMARTS) is 1. The maximum atomic E-state index is 10.0. The Morgan fingerprint density at radius 3 is 2.55 bits per heavy atom. The lowest BCUT2D eigenvalue weighted by Gasteiger charge is -2.08. The molecule has 5 nitrogen and oxygen atoms in total. The molecule has 0 aliphatic heterocycles. The first-order valence-electron chi connectivity index (χ1n) is 2.92. The molecule has 0 spiro atoms. The van der Waals surface area contributed by atoms with Crippen LogP contribution in [0.1, 0.15) is 0 Å². The number of aliphatic hydroxyl groups excluding tert-OH is 2. The van der Waals surface area contributed by atoms with Crippen molar-refractivity contribution < 1.29 is 24.9 Å². The van der Waals surface area contributed by atoms with Gasteiger partial charge < -0.3 is 20.1 Å². The maximum Gasteiger partial charge on any atom is 0.370 e. The molecule has 0 fully saturated rings. The van der Waals surface area contributed by atoms with E-state index in [1.54, 1.807) is 0 Å². The number of carboxylic acids is 1. The van der Waals surface area contributed by atoms with Gasteiger partial charge in [-0.3, -0.25) is 0 Å². The fourth-order valence-corrected chi connectivity index (χ4v) is 0.311. The van der Waals surface area contributed by atoms with Gasteiger partial charge in [-0.2, -0.15) is 0 Å². The number of hydrogen-bond donors (Lipinski definition) is 3. The minimum Gasteiger partial charge on any atom is -0.484 e. The summed E-state index contributed by atoms with van der Waals surface area (Å²) in [5.41, 5.74) is 0. The molecule has 3 N–H and O–H groups in total. The molecule has 1 atom stereocenters. The highest BCUT2D eigenvalue weighted by Crippen LogP contribution is 1.94. The molecular weight excluding hydrogens is 152 g/mol. The summed E-state index contributed by atoms with van der Waals surface area (Å²) >= 11 is 0. The summed E-state index contributed by atoms with van der Waals surface area (Å²) in [6.07, 6.45) is -1.06. The first kappa shape index (κ1) is 9.93. The van der Waals surface area contributed by atoms with E-state index >= 15 is 0 Å². The number of rotatable bonds is 5. The summed E-state index contributed by atoms with van der Waals surface area (Å²) in [5, 5.41) is 25.2. The Hall–Kier alpha value is -1.07. The van der Waals surface area contributed by atoms with Crippen molar-refractivity contribution in [2.24, 2.45) is 0 Å². The van der Waals surface area contributed by atoms with Crippen molar-refractivity contribution in [1.29, 1.82) is 0 Å². The molecule has 0 aliphatic rings. The van der Waals surface area contributed by atoms with Gasteiger partial charge >= 0.3 is 5.97 Å². The van der Waals surface area contributed by atoms with Gasteiger partial charge in [-0.05, 0) is 6.58 Å². The standard InChI is InChI=1S/C6H10O5/c1-4(6(9)10)11-3-5(8)2-7/h5,7-8H,1-3H2,(H,9,10). The van der Waals surface area contributed by atoms with Gasteiger partial charge in [0.15, 0.2) is 5.76 Å². The Morgan fingerprint density at radius 1 is 1.64 bits per heavy atom. The van der Waals surface area contributed by atoms with Gasteiger partial charge in [-0.15, -0.1) is 0 Å². The minimum atomic E-state index is -1.28. The molecule has 0 bridgehead atoms. The fraction of sp³-hybridized carbons (Fsp3) is 0.500. The van der Waals surface area contributed by atoms with E-state index in [1.165, 1.54) is 0 Å². The van der Waals surface area contributed by atoms with Crippen LogP contribution < -0.4 is 0 Å². The van der Waals surface area contributed by atoms with Crippen LogP contribution in [0.4, 0.5) is 0 Å². The fourth-order valence-electron chi connectivity index (χ4n) is 0.311. The molecule has 1 unspecified atom stereocenters. The average molecular weight is 162 g/mol. The normalized spacial score (nSPS) is 12.2. The van der Waals surface area contributed by atoms with Crippen molar-refractivity contribution in [3.63, 3.8) is 0 Å². The van der Waals surface area contributed by atoms with Crippen LogP contribution in [0.25, 0.3) is 0 Å². The van der Waals surface area contributed by atoms with Gasteiger partial charge in [0, 0.05) is 0 Å². The number of hydrogen-bond acceptors (Lipinski definition) is 4. The third kappa shape index (κ3) is 4.35. The lowest BCUT2D eigenvalue weighted by atomic mass is 10.4. The smallest absolute Gasteiger partial charge is 0.370 e. The Kier molecular flexibility index (Phi) is 4.24. The molecule has 0 rings (SSSR count). The molecule has 0 aromatic rings. The van der Waals surface area contributed by atoms with Crippen molar-refractivity contribution >= 4 is 5.97 Å². The van der Waals surface area contributed by atoms with Crippen molar-refractivity contribution in [2.75, 3.05) is 13.2 Å². The number of ether oxygens (including phenoxy) is 1. The van der Waals surface area contributed by atoms with Gasteiger partial charge in [0.1, 0.15) is 12.7 Å². The second-order valence-electron chi connectivity index (χ2n) is 1.88. The molecule has 0 aromatic heterocycles. The number of aliphatic hydroxyl groups is 2. The molecule has 0 saturated carbocycles. The van der Waals surface area contributed by atoms with Crippen LogP contribution in [-0.4, -0.2) is 40.6 Å². The highest BCUT2D eigenvalue weighted by Gasteiger charge is 2.07. The minimum absolute atomic E-state index is 0.262. The Labute approximate surface area is 63.5 Å². The van der Waals surface area contributed by atoms with Crippen LogP contribution in [-0.2, 0) is 9.53 Å². The van der Waals surface area contributed by atoms with Gasteiger partial charge in [0.25, 0.3) is 0 Å². The van der Waals surface area contributed by atoms with Crippen LogP contribution in [0.3, 0.4) is 0 Å². The van der Waals surface area contributed by atoms with Crippen molar-refractivity contribution in [3.8, 4) is 0 Å². The first-order valence-corrected chi connectivity index (χ1v) is 2.92. The molecular formula is C6H10O5. The lowest BCUT2D eigenvalue weighted by Crippen LogP contribution is -2.20. The van der Waals surface area contributed by atoms with E-state index < -0.39 is 24.4 Å². The average Bonchev–Trinajstić information content (AvgIpc) is 1.99. The van der Waals surface area contributed by atoms with Crippen molar-refractivity contribution in [3.05, 3.63) is 12.3 Å². The predicted molar refractivity (Wildman–Crippen MR) is 35.8 cm³/mol. The number of carbonyl (C=O) groups is 1. The number of aliphatic carboxylic acids is 1. The topological polar surface area (TPSA) is 87.0 Å². The highest BCUT2D eigenvalue weighted by atomic mass is 16.5. The van der Waals surface area contributed by atoms with Crippen LogP contribution in [0.2, 0.25) is 0 Å². The highest BCUT2D eigenvalue weighted by molar-refractivity contribution is 5.83. The monoisotopic (exact) mass is 162 g/mol. The molecule has 0 radical (unpaired) electrons. The Balaban J connectivity index is 3.54. The molecule has 0 aliphatic carbocycles. The van der Waals surface area contributed by atoms with Gasteiger partial charge in [0.2, 0.25) is 0 Å². The quantitative estimate of drug-likeness (QED) is 0.355. The molecule has 0 heterocycles. The van der Waals surface area contributed by atoms with E-state index in [1.807, 2.05) is 0 Å². The summed E-state index contributed by atoms with van der Waals surface area (Å²) in [6, 6.07) is 0. The van der Waals surface area contributed by atoms with Gasteiger partial charge in [-0.25, -0.2) is 4.79 Å². The Bertz CT molecular complexity index is 153. The zero-order chi connectivity index (χ0) is 8.85. The van der Waals surface area contributed by atoms with Crippen molar-refractivity contribution in [2.45, 2.75) is 6.10 Å². The summed E-state index contributed by atoms with van der Waals surface area (Å²) in [6.45, 7) is 2.32. The molecule has 64 valence electrons. The molecule has 0 amide bonds. The second-order valence-corrected chi connectivity index (χ2v) is 1.88. The molecule has 0 aromatic carbocycles. The van der Waals surface area contributed by atoms with Crippen LogP contribution in [0.15, 0.2) is 12.3 Å². The zero-order valence-corrected chi connectivity index (χ0v) is 5.86. The van der Waals surface area contributed by atoms with E-state index in [9.17, 15) is 4.79 Å². The zero-order valence-electron chi connectivity index (χ0n) is 5.86. The summed E-state index contributed by atoms with van der Waals surface area (Å²) in [5.74, 6) is -1.73. The second kappa shape index (κ2) is 4.70. The predicted octanol–water partition coefficient (Wildman–Crippen LogP) is -1.05. The maximum absolute atomic E-state index is 10.0. The van der Waals surface area contributed by atoms with E-state index in [0.29, 0.717) is 0 Å². The largest absolute Gasteiger partial charge is 0.484 e. The summed E-state index contributed by atoms with van der Waals surface area (Å²) < 4.78 is 4.45. The van der Waals surface area contributed by atoms with Crippen LogP contribution >= 0.6 is 0 Å². The van der Waals surface area contributed by atoms with Gasteiger partial charge in [-0.1, -0.05) is 0 Å². The molecule has 0 saturated heterocycles. The van der Waals surface area contributed by atoms with Crippen molar-refractivity contribution in [1.82, 2.24) is 0 Å². The lowest BCUT2D eigenvalue weighted by molar-refractivity contribution is -0.137. The van der Waals surface area contributed by atoms with E-state index in [-0.39, 0.29) is 6.61 Å². The first-order chi connectivity index (χ1) is 5.07. The van der Waals surface area contributed by atoms with E-state index in [0.717, 1.165) is 0 Å². The molecule has 5 heteroatoms. The van der Waals surface area contributed by atoms with Gasteiger partial charge in [0.05, 0.1) is 6.61 Å².